The second-order valence-corrected chi connectivity index (χ2v) is 39.1. The molecule has 3 aromatic rings. The van der Waals surface area contributed by atoms with E-state index in [4.69, 9.17) is 34.4 Å². The van der Waals surface area contributed by atoms with Crippen molar-refractivity contribution in [3.63, 3.8) is 0 Å². The quantitative estimate of drug-likeness (QED) is 0.0348. The summed E-state index contributed by atoms with van der Waals surface area (Å²) < 4.78 is 0. The van der Waals surface area contributed by atoms with Crippen LogP contribution in [0, 0.1) is 35.5 Å². The average molecular weight is 1950 g/mol. The van der Waals surface area contributed by atoms with Crippen LogP contribution < -0.4 is 114 Å². The van der Waals surface area contributed by atoms with Crippen LogP contribution in [0.25, 0.3) is 10.9 Å². The Labute approximate surface area is 824 Å². The number of hydrogen-bond acceptors (Lipinski definition) is 21. The number of H-pyrrole nitrogens is 1. The average Bonchev–Trinajstić information content (AvgIpc) is 1.70. The number of nitrogens with one attached hydrogen (secondary N) is 16. The van der Waals surface area contributed by atoms with E-state index in [0.29, 0.717) is 94.7 Å². The number of hydrogen-bond donors (Lipinski definition) is 22. The van der Waals surface area contributed by atoms with Crippen molar-refractivity contribution >= 4 is 105 Å². The molecule has 0 aliphatic carbocycles. The van der Waals surface area contributed by atoms with Crippen molar-refractivity contribution in [1.82, 2.24) is 84.7 Å². The summed E-state index contributed by atoms with van der Waals surface area (Å²) in [5, 5.41) is 42.5. The summed E-state index contributed by atoms with van der Waals surface area (Å²) in [6.07, 6.45) is 16.8. The van der Waals surface area contributed by atoms with Crippen molar-refractivity contribution in [3.8, 4) is 0 Å². The van der Waals surface area contributed by atoms with Crippen molar-refractivity contribution in [1.29, 1.82) is 0 Å². The third kappa shape index (κ3) is 47.9. The van der Waals surface area contributed by atoms with E-state index in [2.05, 4.69) is 91.7 Å². The maximum atomic E-state index is 15.2. The van der Waals surface area contributed by atoms with Crippen LogP contribution in [0.5, 0.6) is 0 Å². The molecule has 2 aromatic carbocycles. The maximum absolute atomic E-state index is 15.2. The van der Waals surface area contributed by atoms with Crippen LogP contribution in [-0.2, 0) is 89.6 Å². The van der Waals surface area contributed by atoms with Crippen molar-refractivity contribution in [2.75, 3.05) is 39.3 Å². The molecule has 0 saturated carbocycles. The molecular weight excluding hydrogens is 1780 g/mol. The molecule has 38 nitrogen and oxygen atoms in total. The number of benzene rings is 2. The van der Waals surface area contributed by atoms with Crippen LogP contribution in [0.3, 0.4) is 0 Å². The highest BCUT2D eigenvalue weighted by Gasteiger charge is 2.40. The largest absolute Gasteiger partial charge is 0.368 e. The minimum absolute atomic E-state index is 0.00147. The maximum Gasteiger partial charge on any atom is 0.243 e. The number of para-hydroxylation sites is 1. The van der Waals surface area contributed by atoms with Gasteiger partial charge in [-0.25, -0.2) is 0 Å². The van der Waals surface area contributed by atoms with E-state index in [1.165, 1.54) is 32.6 Å². The number of amides is 16. The summed E-state index contributed by atoms with van der Waals surface area (Å²) in [6.45, 7) is 25.4. The first kappa shape index (κ1) is 122. The van der Waals surface area contributed by atoms with Crippen LogP contribution in [0.4, 0.5) is 0 Å². The van der Waals surface area contributed by atoms with Gasteiger partial charge in [-0.3, -0.25) is 76.7 Å². The summed E-state index contributed by atoms with van der Waals surface area (Å²) in [7, 11) is 0. The Morgan fingerprint density at radius 2 is 0.647 bits per heavy atom. The van der Waals surface area contributed by atoms with E-state index >= 15 is 19.2 Å². The zero-order chi connectivity index (χ0) is 104. The van der Waals surface area contributed by atoms with Gasteiger partial charge < -0.3 is 119 Å². The molecule has 1 aromatic heterocycles. The highest BCUT2D eigenvalue weighted by Crippen LogP contribution is 2.23. The Bertz CT molecular complexity index is 4250. The van der Waals surface area contributed by atoms with Gasteiger partial charge in [0.1, 0.15) is 84.6 Å². The van der Waals surface area contributed by atoms with Gasteiger partial charge in [-0.2, -0.15) is 0 Å². The highest BCUT2D eigenvalue weighted by atomic mass is 16.2. The topological polar surface area (TPSA) is 625 Å². The van der Waals surface area contributed by atoms with Gasteiger partial charge in [0.15, 0.2) is 0 Å². The van der Waals surface area contributed by atoms with E-state index in [1.807, 2.05) is 65.8 Å². The first-order valence-corrected chi connectivity index (χ1v) is 51.1. The molecule has 0 fully saturated rings. The molecule has 0 bridgehead atoms. The van der Waals surface area contributed by atoms with Crippen molar-refractivity contribution < 1.29 is 76.7 Å². The lowest BCUT2D eigenvalue weighted by molar-refractivity contribution is -0.136. The number of fused-ring (bicyclic) bond motifs is 1. The van der Waals surface area contributed by atoms with Crippen LogP contribution in [0.1, 0.15) is 294 Å². The molecule has 0 unspecified atom stereocenters. The fourth-order valence-electron chi connectivity index (χ4n) is 16.2. The minimum Gasteiger partial charge on any atom is -0.368 e. The van der Waals surface area contributed by atoms with E-state index in [0.717, 1.165) is 36.6 Å². The number of carbonyl (C=O) groups is 16. The first-order chi connectivity index (χ1) is 66.2. The van der Waals surface area contributed by atoms with Gasteiger partial charge in [-0.15, -0.1) is 0 Å². The minimum atomic E-state index is -1.41. The fourth-order valence-corrected chi connectivity index (χ4v) is 16.2. The Kier molecular flexibility index (Phi) is 60.3. The third-order valence-electron chi connectivity index (χ3n) is 24.6. The summed E-state index contributed by atoms with van der Waals surface area (Å²) in [5.41, 5.74) is 37.3. The number of nitrogens with two attached hydrogens (primary N) is 6. The molecule has 1 heterocycles. The molecule has 0 saturated heterocycles. The molecule has 28 N–H and O–H groups in total. The van der Waals surface area contributed by atoms with Crippen LogP contribution >= 0.6 is 0 Å². The molecule has 784 valence electrons. The van der Waals surface area contributed by atoms with Gasteiger partial charge in [-0.05, 0) is 214 Å². The second kappa shape index (κ2) is 68.4. The van der Waals surface area contributed by atoms with Crippen molar-refractivity contribution in [2.45, 2.75) is 381 Å². The molecule has 16 amide bonds. The molecule has 0 spiro atoms. The molecule has 0 aliphatic heterocycles. The lowest BCUT2D eigenvalue weighted by Gasteiger charge is -2.29. The zero-order valence-corrected chi connectivity index (χ0v) is 85.5. The van der Waals surface area contributed by atoms with Gasteiger partial charge in [0.25, 0.3) is 0 Å². The number of rotatable bonds is 74. The number of primary amides is 1. The summed E-state index contributed by atoms with van der Waals surface area (Å²) in [4.78, 5) is 232. The number of unbranched alkanes of at least 4 members (excludes halogenated alkanes) is 13. The lowest BCUT2D eigenvalue weighted by Crippen LogP contribution is -2.61. The lowest BCUT2D eigenvalue weighted by atomic mass is 9.97. The molecule has 139 heavy (non-hydrogen) atoms. The van der Waals surface area contributed by atoms with Gasteiger partial charge in [0, 0.05) is 36.4 Å². The normalized spacial score (nSPS) is 14.7. The molecule has 3 rings (SSSR count). The van der Waals surface area contributed by atoms with Crippen LogP contribution in [0.15, 0.2) is 60.8 Å². The summed E-state index contributed by atoms with van der Waals surface area (Å²) >= 11 is 0. The zero-order valence-electron chi connectivity index (χ0n) is 85.5. The van der Waals surface area contributed by atoms with Crippen LogP contribution in [0.2, 0.25) is 0 Å². The first-order valence-electron chi connectivity index (χ1n) is 51.1. The van der Waals surface area contributed by atoms with Gasteiger partial charge >= 0.3 is 0 Å². The van der Waals surface area contributed by atoms with Gasteiger partial charge in [0.05, 0.1) is 6.54 Å². The van der Waals surface area contributed by atoms with E-state index in [1.54, 1.807) is 78.1 Å². The number of aromatic nitrogens is 1. The van der Waals surface area contributed by atoms with Crippen LogP contribution in [-0.4, -0.2) is 223 Å². The Balaban J connectivity index is 1.91. The standard InChI is InChI=1S/C101H174N22O16/c1-15-17-18-19-20-21-22-23-27-49-83(124)111-73(44-30-35-50-102)90(128)119-82(59-70-60-108-72-43-29-28-42-71(70)72)98(136)114-75(46-32-37-52-104)92(130)117-79(56-63(5)6)96(134)118-81(58-69-40-25-24-26-41-69)97(135)113-74(45-31-36-51-103)91(129)112-77(48-34-39-54-106)94(132)123-87(67(13)16-2)99(137)109-61-84(125)110-68(14)89(127)121-85(65(9)10)101(139)120-80(57-64(7)8)95(133)115-76(47-33-38-53-105)93(131)122-86(66(11)12)100(138)116-78(88(107)126)55-62(3)4/h24-26,28-29,40-43,60,62-68,73-82,85-87,108H,15-23,27,30-39,44-59,61,102-106H2,1-14H3,(H2,107,126)(H,109,137)(H,110,125)(H,111,124)(H,112,129)(H,113,135)(H,114,136)(H,115,133)(H,116,138)(H,117,130)(H,118,134)(H,119,128)(H,120,139)(H,121,127)(H,122,131)(H,123,132)/t67-,68-,73-,74-,75-,76-,77-,78-,79-,80-,81-,82-,85-,86-,87-/m0/s1. The monoisotopic (exact) mass is 1950 g/mol. The smallest absolute Gasteiger partial charge is 0.243 e. The third-order valence-corrected chi connectivity index (χ3v) is 24.6. The highest BCUT2D eigenvalue weighted by molar-refractivity contribution is 6.01. The number of aromatic amines is 1. The Morgan fingerprint density at radius 3 is 1.06 bits per heavy atom. The predicted molar refractivity (Wildman–Crippen MR) is 541 cm³/mol. The molecule has 0 aliphatic rings. The SMILES string of the molecule is CCCCCCCCCCCC(=O)N[C@@H](CCCCN)C(=O)N[C@@H](Cc1c[nH]c2ccccc12)C(=O)N[C@@H](CCCCN)C(=O)N[C@@H](CC(C)C)C(=O)N[C@@H](Cc1ccccc1)C(=O)N[C@@H](CCCCN)C(=O)N[C@@H](CCCCN)C(=O)N[C@H](C(=O)NCC(=O)N[C@@H](C)C(=O)N[C@H](C(=O)N[C@@H](CC(C)C)C(=O)N[C@@H](CCCCN)C(=O)N[C@H](C(=O)N[C@@H](CC(C)C)C(N)=O)C(C)C)C(C)C)[C@@H](C)CC. The van der Waals surface area contributed by atoms with E-state index < -0.39 is 197 Å². The van der Waals surface area contributed by atoms with E-state index in [9.17, 15) is 57.5 Å². The number of carbonyl (C=O) groups excluding carboxylic acids is 16. The van der Waals surface area contributed by atoms with Crippen molar-refractivity contribution in [3.05, 3.63) is 71.9 Å². The molecule has 38 heteroatoms. The molecule has 15 atom stereocenters. The summed E-state index contributed by atoms with van der Waals surface area (Å²) in [6, 6.07) is -1.29. The Morgan fingerprint density at radius 1 is 0.309 bits per heavy atom. The predicted octanol–water partition coefficient (Wildman–Crippen LogP) is 4.42. The van der Waals surface area contributed by atoms with Gasteiger partial charge in [-0.1, -0.05) is 196 Å². The molecular formula is C101H174N22O16. The Hall–Kier alpha value is -10.7. The van der Waals surface area contributed by atoms with E-state index in [-0.39, 0.29) is 120 Å². The fraction of sp³-hybridized carbons (Fsp3) is 0.703. The van der Waals surface area contributed by atoms with Crippen molar-refractivity contribution in [2.24, 2.45) is 69.9 Å². The summed E-state index contributed by atoms with van der Waals surface area (Å²) in [5.74, 6) is -13.6. The molecule has 0 radical (unpaired) electrons. The second-order valence-electron chi connectivity index (χ2n) is 39.1. The van der Waals surface area contributed by atoms with Gasteiger partial charge in [0.2, 0.25) is 94.5 Å².